The summed E-state index contributed by atoms with van der Waals surface area (Å²) in [6, 6.07) is -2.40. The summed E-state index contributed by atoms with van der Waals surface area (Å²) in [5, 5.41) is 4.60. The fraction of sp³-hybridized carbons (Fsp3) is 0.750. The first-order valence-electron chi connectivity index (χ1n) is 10.7. The van der Waals surface area contributed by atoms with E-state index in [4.69, 9.17) is 13.7 Å². The van der Waals surface area contributed by atoms with Crippen molar-refractivity contribution in [1.29, 1.82) is 0 Å². The van der Waals surface area contributed by atoms with Crippen molar-refractivity contribution in [2.24, 2.45) is 11.3 Å². The molecule has 34 heavy (non-hydrogen) atoms. The number of sulfonamides is 1. The number of carbonyl (C=O) groups excluding carboxylic acids is 3. The number of carbonyl (C=O) groups is 3. The fourth-order valence-corrected chi connectivity index (χ4v) is 5.57. The molecule has 3 aliphatic rings. The Hall–Kier alpha value is -0.123. The molecule has 1 saturated heterocycles. The third kappa shape index (κ3) is 6.60. The predicted octanol–water partition coefficient (Wildman–Crippen LogP) is -0.240. The van der Waals surface area contributed by atoms with Crippen LogP contribution in [0.4, 0.5) is 0 Å². The molecule has 0 aromatic heterocycles. The third-order valence-corrected chi connectivity index (χ3v) is 8.23. The van der Waals surface area contributed by atoms with Crippen LogP contribution in [0.3, 0.4) is 0 Å². The van der Waals surface area contributed by atoms with Crippen LogP contribution in [-0.2, 0) is 78.2 Å². The van der Waals surface area contributed by atoms with Gasteiger partial charge in [-0.05, 0) is 31.1 Å². The molecule has 0 spiro atoms. The van der Waals surface area contributed by atoms with Crippen LogP contribution < -0.4 is 15.3 Å². The molecule has 0 aromatic rings. The summed E-state index contributed by atoms with van der Waals surface area (Å²) in [5.74, 6) is -2.22. The fourth-order valence-electron chi connectivity index (χ4n) is 4.20. The van der Waals surface area contributed by atoms with Crippen molar-refractivity contribution < 1.29 is 76.6 Å². The van der Waals surface area contributed by atoms with Crippen LogP contribution in [0.15, 0.2) is 12.7 Å². The van der Waals surface area contributed by atoms with Crippen LogP contribution in [-0.4, -0.2) is 74.5 Å². The van der Waals surface area contributed by atoms with E-state index in [-0.39, 0.29) is 73.2 Å². The molecule has 10 nitrogen and oxygen atoms in total. The van der Waals surface area contributed by atoms with E-state index < -0.39 is 68.0 Å². The van der Waals surface area contributed by atoms with E-state index in [1.807, 2.05) is 20.8 Å². The second-order valence-corrected chi connectivity index (χ2v) is 12.0. The van der Waals surface area contributed by atoms with Gasteiger partial charge >= 0.3 is 0 Å². The minimum Gasteiger partial charge on any atom is -0.673 e. The Morgan fingerprint density at radius 3 is 2.29 bits per heavy atom. The second-order valence-electron chi connectivity index (χ2n) is 10.1. The SMILES string of the molecule is [B]N[C@H](C(=O)N1C[C@H]([NH-])C[C@H]1C(=O)NC1(C(=O)NS(=O)(=O)C2CC2)CC1C=C)C(C)(C)C.[W].[Y]. The first-order chi connectivity index (χ1) is 14.8. The van der Waals surface area contributed by atoms with E-state index in [2.05, 4.69) is 21.8 Å². The molecule has 5 atom stereocenters. The summed E-state index contributed by atoms with van der Waals surface area (Å²) in [6.45, 7) is 9.22. The molecule has 2 aliphatic carbocycles. The van der Waals surface area contributed by atoms with Gasteiger partial charge in [-0.1, -0.05) is 26.8 Å². The molecule has 185 valence electrons. The standard InChI is InChI=1S/C20H31BN5O5S.W.Y/c1-5-11-9-20(11,18(29)25-32(30,31)13-6-7-13)23-16(27)14-8-12(22)10-26(14)17(28)15(24-21)19(2,3)4;;/h5,11-15,22,24H,1,6-10H2,2-4H3,(H,23,27)(H,25,29);;/q-1;;/t11?,12-,14+,15-,20?;;/m1../s1. The molecule has 2 saturated carbocycles. The summed E-state index contributed by atoms with van der Waals surface area (Å²) in [4.78, 5) is 40.5. The number of nitrogens with zero attached hydrogens (tertiary/aromatic N) is 1. The van der Waals surface area contributed by atoms with Gasteiger partial charge in [0, 0.05) is 66.2 Å². The van der Waals surface area contributed by atoms with Gasteiger partial charge in [0.15, 0.2) is 7.98 Å². The normalized spacial score (nSPS) is 29.2. The molecule has 4 N–H and O–H groups in total. The Labute approximate surface area is 242 Å². The number of rotatable bonds is 8. The molecule has 0 aromatic carbocycles. The van der Waals surface area contributed by atoms with E-state index in [0.29, 0.717) is 12.8 Å². The smallest absolute Gasteiger partial charge is 0.259 e. The maximum Gasteiger partial charge on any atom is 0.259 e. The first kappa shape index (κ1) is 31.9. The summed E-state index contributed by atoms with van der Waals surface area (Å²) >= 11 is 0. The van der Waals surface area contributed by atoms with Gasteiger partial charge in [-0.2, -0.15) is 0 Å². The zero-order valence-corrected chi connectivity index (χ0v) is 26.3. The second kappa shape index (κ2) is 11.5. The van der Waals surface area contributed by atoms with Crippen LogP contribution in [0, 0.1) is 11.3 Å². The molecule has 3 radical (unpaired) electrons. The summed E-state index contributed by atoms with van der Waals surface area (Å²) in [6.07, 6.45) is 2.83. The van der Waals surface area contributed by atoms with E-state index in [0.717, 1.165) is 0 Å². The quantitative estimate of drug-likeness (QED) is 0.232. The van der Waals surface area contributed by atoms with Gasteiger partial charge in [-0.3, -0.25) is 19.1 Å². The van der Waals surface area contributed by atoms with Gasteiger partial charge in [0.1, 0.15) is 11.6 Å². The van der Waals surface area contributed by atoms with E-state index >= 15 is 0 Å². The van der Waals surface area contributed by atoms with E-state index in [1.54, 1.807) is 0 Å². The van der Waals surface area contributed by atoms with Gasteiger partial charge in [0.25, 0.3) is 5.91 Å². The van der Waals surface area contributed by atoms with Gasteiger partial charge in [0.2, 0.25) is 21.8 Å². The van der Waals surface area contributed by atoms with Gasteiger partial charge in [-0.25, -0.2) is 8.42 Å². The Kier molecular flexibility index (Phi) is 10.8. The number of amides is 3. The monoisotopic (exact) mass is 737 g/mol. The van der Waals surface area contributed by atoms with Crippen molar-refractivity contribution in [2.75, 3.05) is 6.54 Å². The number of hydrogen-bond acceptors (Lipinski definition) is 6. The Balaban J connectivity index is 0.00000289. The molecule has 3 amide bonds. The van der Waals surface area contributed by atoms with Crippen LogP contribution in [0.2, 0.25) is 0 Å². The Morgan fingerprint density at radius 2 is 1.85 bits per heavy atom. The average molecular weight is 737 g/mol. The Morgan fingerprint density at radius 1 is 1.26 bits per heavy atom. The third-order valence-electron chi connectivity index (χ3n) is 6.42. The molecule has 1 heterocycles. The largest absolute Gasteiger partial charge is 0.673 e. The topological polar surface area (TPSA) is 148 Å². The Bertz CT molecular complexity index is 929. The van der Waals surface area contributed by atoms with E-state index in [9.17, 15) is 22.8 Å². The van der Waals surface area contributed by atoms with Crippen molar-refractivity contribution in [3.8, 4) is 0 Å². The first-order valence-corrected chi connectivity index (χ1v) is 12.3. The molecule has 3 fully saturated rings. The van der Waals surface area contributed by atoms with Crippen LogP contribution in [0.25, 0.3) is 5.73 Å². The van der Waals surface area contributed by atoms with Crippen molar-refractivity contribution >= 4 is 35.7 Å². The zero-order valence-electron chi connectivity index (χ0n) is 19.7. The van der Waals surface area contributed by atoms with Crippen LogP contribution in [0.5, 0.6) is 0 Å². The maximum absolute atomic E-state index is 13.2. The molecule has 2 unspecified atom stereocenters. The van der Waals surface area contributed by atoms with Gasteiger partial charge < -0.3 is 21.2 Å². The van der Waals surface area contributed by atoms with Crippen molar-refractivity contribution in [2.45, 2.75) is 75.4 Å². The maximum atomic E-state index is 13.2. The molecule has 0 bridgehead atoms. The number of nitrogens with one attached hydrogen (secondary N) is 4. The average Bonchev–Trinajstić information content (AvgIpc) is 3.58. The van der Waals surface area contributed by atoms with E-state index in [1.165, 1.54) is 11.0 Å². The molecule has 14 heteroatoms. The minimum atomic E-state index is -3.78. The van der Waals surface area contributed by atoms with Gasteiger partial charge in [-0.15, -0.1) is 12.6 Å². The minimum absolute atomic E-state index is 0. The summed E-state index contributed by atoms with van der Waals surface area (Å²) in [5.41, 5.74) is 6.15. The number of likely N-dealkylation sites (tertiary alicyclic amines) is 1. The summed E-state index contributed by atoms with van der Waals surface area (Å²) < 4.78 is 26.6. The molecule has 3 rings (SSSR count). The van der Waals surface area contributed by atoms with Crippen molar-refractivity contribution in [3.63, 3.8) is 0 Å². The zero-order chi connectivity index (χ0) is 24.1. The summed E-state index contributed by atoms with van der Waals surface area (Å²) in [7, 11) is 1.81. The van der Waals surface area contributed by atoms with Crippen molar-refractivity contribution in [1.82, 2.24) is 20.2 Å². The molecule has 1 aliphatic heterocycles. The van der Waals surface area contributed by atoms with Crippen LogP contribution in [0.1, 0.15) is 46.5 Å². The van der Waals surface area contributed by atoms with Gasteiger partial charge in [0.05, 0.1) is 11.3 Å². The molecular weight excluding hydrogens is 706 g/mol. The predicted molar refractivity (Wildman–Crippen MR) is 120 cm³/mol. The van der Waals surface area contributed by atoms with Crippen molar-refractivity contribution in [3.05, 3.63) is 18.4 Å². The van der Waals surface area contributed by atoms with Crippen LogP contribution >= 0.6 is 0 Å². The number of hydrogen-bond donors (Lipinski definition) is 3. The molecular formula is C20H31BN5O5SWY-.